The van der Waals surface area contributed by atoms with Gasteiger partial charge in [-0.05, 0) is 72.8 Å². The van der Waals surface area contributed by atoms with E-state index in [0.717, 1.165) is 11.1 Å². The summed E-state index contributed by atoms with van der Waals surface area (Å²) < 4.78 is 25.4. The van der Waals surface area contributed by atoms with E-state index < -0.39 is 23.8 Å². The fourth-order valence-electron chi connectivity index (χ4n) is 3.66. The zero-order valence-corrected chi connectivity index (χ0v) is 18.1. The van der Waals surface area contributed by atoms with Crippen molar-refractivity contribution in [2.45, 2.75) is 12.1 Å². The van der Waals surface area contributed by atoms with Gasteiger partial charge in [0.1, 0.15) is 17.3 Å². The molecule has 2 N–H and O–H groups in total. The van der Waals surface area contributed by atoms with Gasteiger partial charge in [-0.15, -0.1) is 10.1 Å². The Kier molecular flexibility index (Phi) is 6.35. The van der Waals surface area contributed by atoms with Crippen LogP contribution in [0.25, 0.3) is 0 Å². The van der Waals surface area contributed by atoms with Crippen LogP contribution in [-0.4, -0.2) is 43.0 Å². The summed E-state index contributed by atoms with van der Waals surface area (Å²) in [6.45, 7) is 0. The van der Waals surface area contributed by atoms with Crippen LogP contribution < -0.4 is 20.2 Å². The maximum atomic E-state index is 13.2. The van der Waals surface area contributed by atoms with Gasteiger partial charge in [0.25, 0.3) is 5.91 Å². The summed E-state index contributed by atoms with van der Waals surface area (Å²) in [7, 11) is 3.17. The van der Waals surface area contributed by atoms with E-state index in [1.807, 2.05) is 36.4 Å². The maximum absolute atomic E-state index is 13.2. The van der Waals surface area contributed by atoms with Crippen LogP contribution in [0.2, 0.25) is 0 Å². The summed E-state index contributed by atoms with van der Waals surface area (Å²) in [5.41, 5.74) is 4.71. The van der Waals surface area contributed by atoms with Gasteiger partial charge in [-0.3, -0.25) is 9.59 Å². The molecular weight excluding hydrogens is 425 g/mol. The van der Waals surface area contributed by atoms with Crippen molar-refractivity contribution in [1.82, 2.24) is 10.7 Å². The van der Waals surface area contributed by atoms with Crippen molar-refractivity contribution in [2.75, 3.05) is 14.2 Å². The molecule has 3 aromatic rings. The van der Waals surface area contributed by atoms with Gasteiger partial charge in [-0.1, -0.05) is 0 Å². The van der Waals surface area contributed by atoms with Crippen LogP contribution in [0, 0.1) is 5.82 Å². The van der Waals surface area contributed by atoms with E-state index in [2.05, 4.69) is 10.7 Å². The third kappa shape index (κ3) is 4.85. The Balaban J connectivity index is 1.68. The van der Waals surface area contributed by atoms with Gasteiger partial charge in [0, 0.05) is 16.7 Å². The lowest BCUT2D eigenvalue weighted by molar-refractivity contribution is -0.596. The van der Waals surface area contributed by atoms with E-state index in [9.17, 15) is 14.0 Å². The Morgan fingerprint density at radius 1 is 0.939 bits per heavy atom. The van der Waals surface area contributed by atoms with Gasteiger partial charge in [0.2, 0.25) is 12.3 Å². The highest BCUT2D eigenvalue weighted by molar-refractivity contribution is 5.98. The lowest BCUT2D eigenvalue weighted by atomic mass is 9.99. The molecule has 0 radical (unpaired) electrons. The number of hydrazine groups is 1. The third-order valence-corrected chi connectivity index (χ3v) is 5.39. The molecule has 0 spiro atoms. The quantitative estimate of drug-likeness (QED) is 0.569. The first kappa shape index (κ1) is 22.0. The van der Waals surface area contributed by atoms with Gasteiger partial charge in [0.15, 0.2) is 6.04 Å². The smallest absolute Gasteiger partial charge is 0.304 e. The number of carbonyl (C=O) groups excluding carboxylic acids is 2. The first-order valence-electron chi connectivity index (χ1n) is 10.3. The zero-order chi connectivity index (χ0) is 23.4. The van der Waals surface area contributed by atoms with E-state index >= 15 is 0 Å². The van der Waals surface area contributed by atoms with Crippen molar-refractivity contribution in [3.8, 4) is 11.5 Å². The van der Waals surface area contributed by atoms with Crippen molar-refractivity contribution < 1.29 is 28.1 Å². The van der Waals surface area contributed by atoms with Crippen LogP contribution in [0.5, 0.6) is 11.5 Å². The van der Waals surface area contributed by atoms with E-state index in [1.54, 1.807) is 37.3 Å². The summed E-state index contributed by atoms with van der Waals surface area (Å²) in [6.07, 6.45) is 1.79. The predicted molar refractivity (Wildman–Crippen MR) is 120 cm³/mol. The average Bonchev–Trinajstić information content (AvgIpc) is 3.14. The number of hydrogen-bond donors (Lipinski definition) is 2. The largest absolute Gasteiger partial charge is 0.497 e. The highest BCUT2D eigenvalue weighted by Crippen LogP contribution is 2.27. The minimum atomic E-state index is -0.884. The monoisotopic (exact) mass is 448 g/mol. The normalized spacial score (nSPS) is 18.6. The van der Waals surface area contributed by atoms with Gasteiger partial charge >= 0.3 is 5.91 Å². The molecule has 0 aliphatic carbocycles. The second kappa shape index (κ2) is 9.52. The van der Waals surface area contributed by atoms with Crippen LogP contribution in [0.4, 0.5) is 4.39 Å². The summed E-state index contributed by atoms with van der Waals surface area (Å²) >= 11 is 0. The molecule has 0 saturated carbocycles. The lowest BCUT2D eigenvalue weighted by Crippen LogP contribution is -2.42. The van der Waals surface area contributed by atoms with E-state index in [1.165, 1.54) is 24.3 Å². The van der Waals surface area contributed by atoms with Crippen LogP contribution in [0.3, 0.4) is 0 Å². The van der Waals surface area contributed by atoms with E-state index in [0.29, 0.717) is 11.5 Å². The summed E-state index contributed by atoms with van der Waals surface area (Å²) in [5.74, 6) is 0.111. The number of benzene rings is 3. The molecule has 7 nitrogen and oxygen atoms in total. The van der Waals surface area contributed by atoms with Crippen LogP contribution in [-0.2, 0) is 4.79 Å². The minimum absolute atomic E-state index is 0.260. The first-order valence-corrected chi connectivity index (χ1v) is 10.3. The van der Waals surface area contributed by atoms with Crippen molar-refractivity contribution in [3.05, 3.63) is 95.3 Å². The second-order valence-electron chi connectivity index (χ2n) is 7.46. The number of carbonyl (C=O) groups is 2. The molecule has 2 atom stereocenters. The third-order valence-electron chi connectivity index (χ3n) is 5.39. The van der Waals surface area contributed by atoms with Crippen LogP contribution in [0.1, 0.15) is 27.5 Å². The molecule has 0 unspecified atom stereocenters. The summed E-state index contributed by atoms with van der Waals surface area (Å²) in [5, 5.41) is 2.79. The fourth-order valence-corrected chi connectivity index (χ4v) is 3.66. The van der Waals surface area contributed by atoms with Crippen molar-refractivity contribution in [1.29, 1.82) is 0 Å². The number of methoxy groups -OCH3 is 2. The van der Waals surface area contributed by atoms with Crippen molar-refractivity contribution in [3.63, 3.8) is 0 Å². The Morgan fingerprint density at radius 3 is 2.09 bits per heavy atom. The van der Waals surface area contributed by atoms with Gasteiger partial charge in [0.05, 0.1) is 14.2 Å². The molecule has 8 heteroatoms. The lowest BCUT2D eigenvalue weighted by Gasteiger charge is -2.15. The Hall–Kier alpha value is -4.20. The number of nitrogens with zero attached hydrogens (tertiary/aromatic N) is 1. The Morgan fingerprint density at radius 2 is 1.52 bits per heavy atom. The SMILES string of the molecule is COc1ccc(/C=[N+]2\NC(=O)[C@@H](NC(=O)c3ccc(F)cc3)[C@@H]2c2ccc(OC)cc2)cc1. The number of rotatable bonds is 6. The molecule has 33 heavy (non-hydrogen) atoms. The van der Waals surface area contributed by atoms with Gasteiger partial charge in [-0.2, -0.15) is 0 Å². The molecule has 1 fully saturated rings. The molecule has 1 heterocycles. The van der Waals surface area contributed by atoms with Crippen molar-refractivity contribution >= 4 is 18.0 Å². The molecule has 0 bridgehead atoms. The minimum Gasteiger partial charge on any atom is -0.497 e. The number of hydrazone groups is 1. The highest BCUT2D eigenvalue weighted by atomic mass is 19.1. The second-order valence-corrected chi connectivity index (χ2v) is 7.46. The Labute approximate surface area is 190 Å². The van der Waals surface area contributed by atoms with Crippen molar-refractivity contribution in [2.24, 2.45) is 0 Å². The average molecular weight is 448 g/mol. The summed E-state index contributed by atoms with van der Waals surface area (Å²) in [6, 6.07) is 18.4. The molecule has 168 valence electrons. The van der Waals surface area contributed by atoms with Gasteiger partial charge < -0.3 is 14.8 Å². The number of ether oxygens (including phenoxy) is 2. The number of halogens is 1. The highest BCUT2D eigenvalue weighted by Gasteiger charge is 2.47. The molecule has 1 aliphatic heterocycles. The molecule has 1 saturated heterocycles. The molecule has 2 amide bonds. The molecule has 4 rings (SSSR count). The molecule has 3 aromatic carbocycles. The number of hydrogen-bond acceptors (Lipinski definition) is 4. The van der Waals surface area contributed by atoms with Crippen LogP contribution in [0.15, 0.2) is 72.8 Å². The number of nitrogens with one attached hydrogen (secondary N) is 2. The molecular formula is C25H23FN3O4+. The first-order chi connectivity index (χ1) is 16.0. The number of amides is 2. The standard InChI is InChI=1S/C25H22FN3O4/c1-32-20-11-3-16(4-12-20)15-29-23(17-7-13-21(33-2)14-8-17)22(25(31)28-29)27-24(30)18-5-9-19(26)10-6-18/h3-15,22-23H,1-2H3,(H-,27,28,30,31)/p+1/b29-15-/t22-,23-/m0/s1. The Bertz CT molecular complexity index is 1180. The van der Waals surface area contributed by atoms with Gasteiger partial charge in [-0.25, -0.2) is 4.39 Å². The predicted octanol–water partition coefficient (Wildman–Crippen LogP) is 2.86. The fraction of sp³-hybridized carbons (Fsp3) is 0.160. The summed E-state index contributed by atoms with van der Waals surface area (Å²) in [4.78, 5) is 25.7. The van der Waals surface area contributed by atoms with E-state index in [4.69, 9.17) is 9.47 Å². The van der Waals surface area contributed by atoms with E-state index in [-0.39, 0.29) is 11.5 Å². The zero-order valence-electron chi connectivity index (χ0n) is 18.1. The topological polar surface area (TPSA) is 79.7 Å². The van der Waals surface area contributed by atoms with Crippen LogP contribution >= 0.6 is 0 Å². The molecule has 0 aromatic heterocycles. The molecule has 1 aliphatic rings. The maximum Gasteiger partial charge on any atom is 0.304 e.